The average molecular weight is 193 g/mol. The zero-order valence-corrected chi connectivity index (χ0v) is 9.03. The van der Waals surface area contributed by atoms with Crippen molar-refractivity contribution in [3.8, 4) is 5.75 Å². The van der Waals surface area contributed by atoms with Crippen LogP contribution >= 0.6 is 0 Å². The molecule has 2 nitrogen and oxygen atoms in total. The van der Waals surface area contributed by atoms with Gasteiger partial charge in [-0.3, -0.25) is 4.90 Å². The number of hydrogen-bond donors (Lipinski definition) is 1. The van der Waals surface area contributed by atoms with Gasteiger partial charge in [-0.2, -0.15) is 0 Å². The summed E-state index contributed by atoms with van der Waals surface area (Å²) in [5.74, 6) is 0.340. The summed E-state index contributed by atoms with van der Waals surface area (Å²) in [5.41, 5.74) is 1.26. The molecule has 0 aromatic heterocycles. The van der Waals surface area contributed by atoms with Gasteiger partial charge in [0.2, 0.25) is 0 Å². The minimum absolute atomic E-state index is 0.340. The van der Waals surface area contributed by atoms with E-state index < -0.39 is 0 Å². The predicted octanol–water partition coefficient (Wildman–Crippen LogP) is 2.62. The van der Waals surface area contributed by atoms with Crippen molar-refractivity contribution >= 4 is 0 Å². The molecule has 1 aromatic carbocycles. The Morgan fingerprint density at radius 2 is 1.79 bits per heavy atom. The van der Waals surface area contributed by atoms with E-state index in [1.807, 2.05) is 12.1 Å². The third kappa shape index (κ3) is 3.38. The number of hydrogen-bond acceptors (Lipinski definition) is 2. The van der Waals surface area contributed by atoms with Crippen LogP contribution in [0.15, 0.2) is 24.3 Å². The van der Waals surface area contributed by atoms with Crippen molar-refractivity contribution in [1.82, 2.24) is 4.90 Å². The van der Waals surface area contributed by atoms with Crippen LogP contribution in [-0.4, -0.2) is 23.1 Å². The molecular weight excluding hydrogens is 174 g/mol. The summed E-state index contributed by atoms with van der Waals surface area (Å²) in [7, 11) is 0. The highest BCUT2D eigenvalue weighted by atomic mass is 16.3. The third-order valence-corrected chi connectivity index (χ3v) is 2.33. The molecule has 0 amide bonds. The van der Waals surface area contributed by atoms with Gasteiger partial charge >= 0.3 is 0 Å². The van der Waals surface area contributed by atoms with Gasteiger partial charge in [-0.25, -0.2) is 0 Å². The fourth-order valence-corrected chi connectivity index (χ4v) is 1.52. The van der Waals surface area contributed by atoms with Crippen molar-refractivity contribution in [2.45, 2.75) is 26.8 Å². The highest BCUT2D eigenvalue weighted by Crippen LogP contribution is 2.11. The quantitative estimate of drug-likeness (QED) is 0.777. The van der Waals surface area contributed by atoms with Gasteiger partial charge in [0.25, 0.3) is 0 Å². The molecular formula is C12H19NO. The van der Waals surface area contributed by atoms with E-state index in [1.54, 1.807) is 12.1 Å². The Bertz CT molecular complexity index is 256. The summed E-state index contributed by atoms with van der Waals surface area (Å²) in [4.78, 5) is 2.40. The molecule has 0 saturated carbocycles. The van der Waals surface area contributed by atoms with Crippen LogP contribution in [0.3, 0.4) is 0 Å². The maximum Gasteiger partial charge on any atom is 0.115 e. The van der Waals surface area contributed by atoms with Crippen LogP contribution in [0.1, 0.15) is 25.8 Å². The number of phenols is 1. The molecule has 0 spiro atoms. The Morgan fingerprint density at radius 3 is 2.29 bits per heavy atom. The number of rotatable bonds is 5. The Kier molecular flexibility index (Phi) is 4.47. The van der Waals surface area contributed by atoms with Crippen LogP contribution in [0.2, 0.25) is 0 Å². The van der Waals surface area contributed by atoms with Gasteiger partial charge in [0.15, 0.2) is 0 Å². The van der Waals surface area contributed by atoms with Gasteiger partial charge in [0.1, 0.15) is 5.75 Å². The monoisotopic (exact) mass is 193 g/mol. The molecule has 0 radical (unpaired) electrons. The summed E-state index contributed by atoms with van der Waals surface area (Å²) in [5, 5.41) is 9.14. The van der Waals surface area contributed by atoms with E-state index in [0.717, 1.165) is 19.6 Å². The molecule has 2 heteroatoms. The van der Waals surface area contributed by atoms with Gasteiger partial charge in [-0.05, 0) is 37.2 Å². The zero-order chi connectivity index (χ0) is 10.4. The molecule has 1 aromatic rings. The molecule has 0 bridgehead atoms. The van der Waals surface area contributed by atoms with Crippen molar-refractivity contribution in [3.05, 3.63) is 29.8 Å². The van der Waals surface area contributed by atoms with Crippen LogP contribution in [0.5, 0.6) is 5.75 Å². The van der Waals surface area contributed by atoms with E-state index in [9.17, 15) is 0 Å². The SMILES string of the molecule is CCCN(CC)Cc1ccc(O)cc1. The first kappa shape index (κ1) is 11.1. The maximum atomic E-state index is 9.14. The minimum Gasteiger partial charge on any atom is -0.508 e. The number of aromatic hydroxyl groups is 1. The summed E-state index contributed by atoms with van der Waals surface area (Å²) >= 11 is 0. The lowest BCUT2D eigenvalue weighted by Gasteiger charge is -2.19. The molecule has 14 heavy (non-hydrogen) atoms. The van der Waals surface area contributed by atoms with Crippen LogP contribution < -0.4 is 0 Å². The Hall–Kier alpha value is -1.02. The van der Waals surface area contributed by atoms with E-state index >= 15 is 0 Å². The molecule has 1 rings (SSSR count). The first-order chi connectivity index (χ1) is 6.76. The Balaban J connectivity index is 2.53. The lowest BCUT2D eigenvalue weighted by Crippen LogP contribution is -2.23. The molecule has 78 valence electrons. The highest BCUT2D eigenvalue weighted by Gasteiger charge is 2.01. The van der Waals surface area contributed by atoms with Crippen molar-refractivity contribution in [3.63, 3.8) is 0 Å². The molecule has 0 unspecified atom stereocenters. The van der Waals surface area contributed by atoms with E-state index in [1.165, 1.54) is 12.0 Å². The van der Waals surface area contributed by atoms with Gasteiger partial charge < -0.3 is 5.11 Å². The predicted molar refractivity (Wildman–Crippen MR) is 59.3 cm³/mol. The molecule has 0 aliphatic carbocycles. The van der Waals surface area contributed by atoms with E-state index in [-0.39, 0.29) is 0 Å². The number of phenolic OH excluding ortho intramolecular Hbond substituents is 1. The normalized spacial score (nSPS) is 10.8. The van der Waals surface area contributed by atoms with Crippen LogP contribution in [0.25, 0.3) is 0 Å². The summed E-state index contributed by atoms with van der Waals surface area (Å²) in [6.07, 6.45) is 1.19. The standard InChI is InChI=1S/C12H19NO/c1-3-9-13(4-2)10-11-5-7-12(14)8-6-11/h5-8,14H,3-4,9-10H2,1-2H3. The summed E-state index contributed by atoms with van der Waals surface area (Å²) < 4.78 is 0. The number of benzene rings is 1. The van der Waals surface area contributed by atoms with Crippen molar-refractivity contribution in [2.75, 3.05) is 13.1 Å². The molecule has 1 N–H and O–H groups in total. The fourth-order valence-electron chi connectivity index (χ4n) is 1.52. The Labute approximate surface area is 86.2 Å². The maximum absolute atomic E-state index is 9.14. The van der Waals surface area contributed by atoms with Crippen molar-refractivity contribution in [1.29, 1.82) is 0 Å². The van der Waals surface area contributed by atoms with Gasteiger partial charge in [-0.15, -0.1) is 0 Å². The van der Waals surface area contributed by atoms with Crippen molar-refractivity contribution < 1.29 is 5.11 Å². The molecule has 0 aliphatic rings. The molecule has 0 aliphatic heterocycles. The fraction of sp³-hybridized carbons (Fsp3) is 0.500. The molecule has 0 heterocycles. The van der Waals surface area contributed by atoms with Crippen LogP contribution in [0.4, 0.5) is 0 Å². The molecule has 0 atom stereocenters. The second kappa shape index (κ2) is 5.66. The second-order valence-electron chi connectivity index (χ2n) is 3.54. The first-order valence-corrected chi connectivity index (χ1v) is 5.26. The largest absolute Gasteiger partial charge is 0.508 e. The lowest BCUT2D eigenvalue weighted by molar-refractivity contribution is 0.280. The smallest absolute Gasteiger partial charge is 0.115 e. The van der Waals surface area contributed by atoms with Gasteiger partial charge in [-0.1, -0.05) is 26.0 Å². The molecule has 0 saturated heterocycles. The van der Waals surface area contributed by atoms with E-state index in [4.69, 9.17) is 5.11 Å². The van der Waals surface area contributed by atoms with Gasteiger partial charge in [0.05, 0.1) is 0 Å². The van der Waals surface area contributed by atoms with E-state index in [0.29, 0.717) is 5.75 Å². The minimum atomic E-state index is 0.340. The average Bonchev–Trinajstić information content (AvgIpc) is 2.20. The zero-order valence-electron chi connectivity index (χ0n) is 9.03. The summed E-state index contributed by atoms with van der Waals surface area (Å²) in [6.45, 7) is 7.56. The third-order valence-electron chi connectivity index (χ3n) is 2.33. The topological polar surface area (TPSA) is 23.5 Å². The number of nitrogens with zero attached hydrogens (tertiary/aromatic N) is 1. The molecule has 0 fully saturated rings. The van der Waals surface area contributed by atoms with Crippen LogP contribution in [-0.2, 0) is 6.54 Å². The highest BCUT2D eigenvalue weighted by molar-refractivity contribution is 5.25. The van der Waals surface area contributed by atoms with Crippen LogP contribution in [0, 0.1) is 0 Å². The van der Waals surface area contributed by atoms with Gasteiger partial charge in [0, 0.05) is 6.54 Å². The van der Waals surface area contributed by atoms with Crippen molar-refractivity contribution in [2.24, 2.45) is 0 Å². The Morgan fingerprint density at radius 1 is 1.14 bits per heavy atom. The second-order valence-corrected chi connectivity index (χ2v) is 3.54. The van der Waals surface area contributed by atoms with E-state index in [2.05, 4.69) is 18.7 Å². The first-order valence-electron chi connectivity index (χ1n) is 5.26. The lowest BCUT2D eigenvalue weighted by atomic mass is 10.2. The summed E-state index contributed by atoms with van der Waals surface area (Å²) in [6, 6.07) is 7.45.